The van der Waals surface area contributed by atoms with Gasteiger partial charge < -0.3 is 36.5 Å². The summed E-state index contributed by atoms with van der Waals surface area (Å²) in [5.74, 6) is 4.23. The second kappa shape index (κ2) is 39.9. The van der Waals surface area contributed by atoms with Gasteiger partial charge in [-0.2, -0.15) is 5.10 Å². The number of pyridine rings is 1. The number of anilines is 1. The molecule has 17 aromatic rings. The largest absolute Gasteiger partial charge is 0.382 e. The summed E-state index contributed by atoms with van der Waals surface area (Å²) in [6.45, 7) is 36.5. The number of aliphatic imine (C=N–C) groups is 3. The third-order valence-electron chi connectivity index (χ3n) is 25.3. The van der Waals surface area contributed by atoms with E-state index in [0.717, 1.165) is 191 Å². The predicted molar refractivity (Wildman–Crippen MR) is 543 cm³/mol. The van der Waals surface area contributed by atoms with Gasteiger partial charge in [-0.3, -0.25) is 63.8 Å². The minimum absolute atomic E-state index is 0.00554. The second-order valence-corrected chi connectivity index (χ2v) is 37.1. The molecule has 22 rings (SSSR count). The van der Waals surface area contributed by atoms with Crippen molar-refractivity contribution < 1.29 is 28.0 Å². The highest BCUT2D eigenvalue weighted by molar-refractivity contribution is 7.16. The van der Waals surface area contributed by atoms with E-state index in [2.05, 4.69) is 188 Å². The number of aryl methyl sites for hydroxylation is 9. The number of thiophene rings is 1. The standard InChI is InChI=1S/C23H21N7.C22H19N9.C22H21N3O2.C20H18ClN3O2S.C20H16ClN3O2/c1-14-23-28-27-15(2)30(23)21-10-7-17(18-12-25-29(4)13-18)11-20(21)22(26-14)16-5-8-19(24-3)9-6-16;1-12-22-30-29-13(2)31(22)19-7-4-14(18-10-27-20(23)11-26-18)8-16(19)21(28-12)17-6-5-15(24-3)9-25-17;1-12-7-9-15(10-8-12)21-19-13(2)5-4-6-16(19)20-14(3)25-27-22(20)17(24-21)11-18(23)26;1-9-11(3)27-20-16(9)18(12-4-6-13(21)7-5-12)23-14(8-15(22)25)19-17(20)10(2)24-26-19;1-11-18-14-4-2-3-5-15(14)19(12-6-8-13(21)9-7-12)23-16(10-17(22)25)20(18)26-24-11/h5-14,22,26H,1-2,4H3;4-12,21,28H,1-2H3,(H2,23,27);4-10,17H,11H2,1-3H3,(H2,23,26);4-7,14H,8H2,1-3H3,(H2,22,25);2-9,16H,10H2,1H3,(H2,22,25)/t14-,22?;12-,21?;17-;14-;16-/m00000/s1. The summed E-state index contributed by atoms with van der Waals surface area (Å²) in [5, 5.41) is 42.8. The van der Waals surface area contributed by atoms with Crippen LogP contribution in [0.2, 0.25) is 10.0 Å². The third-order valence-corrected chi connectivity index (χ3v) is 27.0. The Morgan fingerprint density at radius 1 is 0.468 bits per heavy atom. The molecule has 0 bridgehead atoms. The van der Waals surface area contributed by atoms with Crippen LogP contribution in [0, 0.1) is 75.5 Å². The average Bonchev–Trinajstić information content (AvgIpc) is 1.59. The predicted octanol–water partition coefficient (Wildman–Crippen LogP) is 20.4. The molecule has 3 amide bonds. The molecule has 0 spiro atoms. The molecule has 141 heavy (non-hydrogen) atoms. The van der Waals surface area contributed by atoms with Gasteiger partial charge in [0.2, 0.25) is 23.4 Å². The lowest BCUT2D eigenvalue weighted by molar-refractivity contribution is -0.119. The molecule has 8 aromatic carbocycles. The smallest absolute Gasteiger partial charge is 0.220 e. The molecule has 0 fully saturated rings. The molecule has 0 saturated heterocycles. The Hall–Kier alpha value is -16.5. The molecule has 9 aromatic heterocycles. The van der Waals surface area contributed by atoms with Crippen molar-refractivity contribution >= 4 is 86.6 Å². The fraction of sp³-hybridized carbons (Fsp3) is 0.206. The van der Waals surface area contributed by atoms with Crippen molar-refractivity contribution in [3.63, 3.8) is 0 Å². The Labute approximate surface area is 825 Å². The first kappa shape index (κ1) is 94.8. The average molecular weight is 1930 g/mol. The van der Waals surface area contributed by atoms with E-state index < -0.39 is 35.8 Å². The Morgan fingerprint density at radius 2 is 0.950 bits per heavy atom. The van der Waals surface area contributed by atoms with Crippen molar-refractivity contribution in [2.24, 2.45) is 39.2 Å². The first-order chi connectivity index (χ1) is 67.9. The SMILES string of the molecule is Cc1ccc(C2=N[C@@H](CC(N)=O)c3onc(C)c3-c3cccc(C)c32)cc1.Cc1noc2c1-c1ccccc1C(c1ccc(Cl)cc1)=N[C@H]2CC(N)=O.Cc1noc2c1-c1sc(C)c(C)c1C(c1ccc(Cl)cc1)=N[C@H]2CC(N)=O.[C-]#[N+]c1ccc(C2N[C@@H](C)c3nnc(C)n3-c3ccc(-c4cnc(N)cn4)cc32)nc1.[C-]#[N+]c1ccc(C2N[C@@H](C)c3nnc(C)n3-c3ccc(-c4cnn(C)c4)cc32)cc1. The van der Waals surface area contributed by atoms with Gasteiger partial charge in [0, 0.05) is 83.7 Å². The number of rotatable bonds is 13. The van der Waals surface area contributed by atoms with Crippen LogP contribution in [0.15, 0.2) is 248 Å². The number of hydrogen-bond donors (Lipinski definition) is 6. The Kier molecular flexibility index (Phi) is 26.8. The van der Waals surface area contributed by atoms with Gasteiger partial charge in [0.05, 0.1) is 149 Å². The lowest BCUT2D eigenvalue weighted by atomic mass is 9.89. The van der Waals surface area contributed by atoms with Gasteiger partial charge in [-0.1, -0.05) is 178 Å². The third kappa shape index (κ3) is 19.2. The number of benzene rings is 8. The minimum atomic E-state index is -0.526. The molecule has 0 saturated carbocycles. The van der Waals surface area contributed by atoms with Gasteiger partial charge in [0.25, 0.3) is 0 Å². The van der Waals surface area contributed by atoms with Gasteiger partial charge >= 0.3 is 0 Å². The number of aromatic nitrogens is 14. The quantitative estimate of drug-likeness (QED) is 0.0584. The molecular formula is C107H95Cl2N25O6S. The van der Waals surface area contributed by atoms with Crippen LogP contribution >= 0.6 is 34.5 Å². The van der Waals surface area contributed by atoms with Crippen LogP contribution in [-0.4, -0.2) is 105 Å². The number of carbonyl (C=O) groups is 3. The van der Waals surface area contributed by atoms with Crippen molar-refractivity contribution in [1.82, 2.24) is 80.4 Å². The van der Waals surface area contributed by atoms with E-state index in [1.165, 1.54) is 10.4 Å². The lowest BCUT2D eigenvalue weighted by Gasteiger charge is -2.22. The maximum Gasteiger partial charge on any atom is 0.220 e. The minimum Gasteiger partial charge on any atom is -0.382 e. The van der Waals surface area contributed by atoms with Crippen LogP contribution in [0.4, 0.5) is 17.2 Å². The first-order valence-corrected chi connectivity index (χ1v) is 46.9. The van der Waals surface area contributed by atoms with E-state index in [0.29, 0.717) is 44.5 Å². The molecule has 0 aliphatic carbocycles. The van der Waals surface area contributed by atoms with Gasteiger partial charge in [-0.05, 0) is 175 Å². The lowest BCUT2D eigenvalue weighted by Crippen LogP contribution is -2.25. The molecule has 5 aliphatic rings. The highest BCUT2D eigenvalue weighted by Gasteiger charge is 2.39. The number of hydrogen-bond acceptors (Lipinski definition) is 24. The molecule has 5 aliphatic heterocycles. The Balaban J connectivity index is 0.000000117. The zero-order chi connectivity index (χ0) is 99.0. The van der Waals surface area contributed by atoms with Crippen LogP contribution in [0.1, 0.15) is 210 Å². The molecule has 34 heteroatoms. The van der Waals surface area contributed by atoms with Crippen LogP contribution < -0.4 is 33.6 Å². The maximum atomic E-state index is 11.7. The van der Waals surface area contributed by atoms with Gasteiger partial charge in [0.1, 0.15) is 35.6 Å². The topological polar surface area (TPSA) is 421 Å². The highest BCUT2D eigenvalue weighted by atomic mass is 35.5. The monoisotopic (exact) mass is 1930 g/mol. The van der Waals surface area contributed by atoms with E-state index >= 15 is 0 Å². The Bertz CT molecular complexity index is 7890. The number of amides is 3. The molecule has 10 N–H and O–H groups in total. The van der Waals surface area contributed by atoms with E-state index in [1.807, 2.05) is 180 Å². The van der Waals surface area contributed by atoms with Crippen molar-refractivity contribution in [2.45, 2.75) is 138 Å². The zero-order valence-corrected chi connectivity index (χ0v) is 81.2. The van der Waals surface area contributed by atoms with Crippen LogP contribution in [0.5, 0.6) is 0 Å². The molecule has 704 valence electrons. The summed E-state index contributed by atoms with van der Waals surface area (Å²) in [5.41, 5.74) is 52.0. The van der Waals surface area contributed by atoms with E-state index in [1.54, 1.807) is 36.0 Å². The van der Waals surface area contributed by atoms with E-state index in [-0.39, 0.29) is 43.4 Å². The fourth-order valence-electron chi connectivity index (χ4n) is 18.4. The molecule has 7 atom stereocenters. The molecule has 31 nitrogen and oxygen atoms in total. The van der Waals surface area contributed by atoms with Crippen molar-refractivity contribution in [1.29, 1.82) is 0 Å². The van der Waals surface area contributed by atoms with Gasteiger partial charge in [-0.25, -0.2) is 14.7 Å². The van der Waals surface area contributed by atoms with Crippen LogP contribution in [0.3, 0.4) is 0 Å². The van der Waals surface area contributed by atoms with Crippen molar-refractivity contribution in [2.75, 3.05) is 5.73 Å². The number of primary amides is 3. The van der Waals surface area contributed by atoms with E-state index in [9.17, 15) is 14.4 Å². The summed E-state index contributed by atoms with van der Waals surface area (Å²) in [6, 6.07) is 59.6. The number of nitrogen functional groups attached to an aromatic ring is 1. The second-order valence-electron chi connectivity index (χ2n) is 35.0. The number of nitrogens with one attached hydrogen (secondary N) is 2. The summed E-state index contributed by atoms with van der Waals surface area (Å²) >= 11 is 13.8. The van der Waals surface area contributed by atoms with Crippen LogP contribution in [-0.2, 0) is 21.4 Å². The number of carbonyl (C=O) groups excluding carboxylic acids is 3. The number of nitrogens with two attached hydrogens (primary N) is 4. The first-order valence-electron chi connectivity index (χ1n) is 45.3. The zero-order valence-electron chi connectivity index (χ0n) is 78.9. The normalized spacial score (nSPS) is 16.4. The number of halogens is 2. The molecule has 0 radical (unpaired) electrons. The van der Waals surface area contributed by atoms with Crippen LogP contribution in [0.25, 0.3) is 76.1 Å². The molecule has 14 heterocycles. The van der Waals surface area contributed by atoms with Crippen molar-refractivity contribution in [3.8, 4) is 66.5 Å². The van der Waals surface area contributed by atoms with Gasteiger partial charge in [0.15, 0.2) is 34.6 Å². The maximum absolute atomic E-state index is 11.7. The van der Waals surface area contributed by atoms with E-state index in [4.69, 9.17) is 87.8 Å². The van der Waals surface area contributed by atoms with Gasteiger partial charge in [-0.15, -0.1) is 31.7 Å². The molecule has 2 unspecified atom stereocenters. The fourth-order valence-corrected chi connectivity index (χ4v) is 19.9. The summed E-state index contributed by atoms with van der Waals surface area (Å²) < 4.78 is 22.8. The number of fused-ring (bicyclic) bond motifs is 15. The summed E-state index contributed by atoms with van der Waals surface area (Å²) in [7, 11) is 1.92. The van der Waals surface area contributed by atoms with Crippen molar-refractivity contribution in [3.05, 3.63) is 387 Å². The number of nitrogens with zero attached hydrogens (tertiary/aromatic N) is 19. The Morgan fingerprint density at radius 3 is 1.48 bits per heavy atom. The highest BCUT2D eigenvalue weighted by Crippen LogP contribution is 2.49. The molecular weight excluding hydrogens is 1830 g/mol. The summed E-state index contributed by atoms with van der Waals surface area (Å²) in [6.07, 6.45) is 8.89. The summed E-state index contributed by atoms with van der Waals surface area (Å²) in [4.78, 5) is 72.2.